The number of hydrogen-bond donors (Lipinski definition) is 2. The highest BCUT2D eigenvalue weighted by Crippen LogP contribution is 2.58. The number of halogens is 10. The molecule has 0 amide bonds. The van der Waals surface area contributed by atoms with Crippen molar-refractivity contribution in [1.82, 2.24) is 0 Å². The van der Waals surface area contributed by atoms with Gasteiger partial charge in [0.2, 0.25) is 70.7 Å². The predicted octanol–water partition coefficient (Wildman–Crippen LogP) is 5.76. The molecule has 10 atom stereocenters. The Hall–Kier alpha value is -6.82. The lowest BCUT2D eigenvalue weighted by Crippen LogP contribution is -2.65. The number of fused-ring (bicyclic) bond motifs is 4. The van der Waals surface area contributed by atoms with Crippen molar-refractivity contribution in [2.75, 3.05) is 47.4 Å². The van der Waals surface area contributed by atoms with Crippen LogP contribution in [-0.2, 0) is 52.1 Å². The monoisotopic (exact) mass is 1120 g/mol. The first-order valence-corrected chi connectivity index (χ1v) is 23.4. The highest BCUT2D eigenvalue weighted by Gasteiger charge is 2.58. The van der Waals surface area contributed by atoms with Crippen LogP contribution in [0.25, 0.3) is 0 Å². The van der Waals surface area contributed by atoms with Crippen LogP contribution in [0, 0.1) is 70.0 Å². The maximum absolute atomic E-state index is 14.7. The molecule has 410 valence electrons. The maximum Gasteiger partial charge on any atom is 0.525 e. The summed E-state index contributed by atoms with van der Waals surface area (Å²) in [7, 11) is -2.95. The van der Waals surface area contributed by atoms with Gasteiger partial charge in [0.1, 0.15) is 12.2 Å². The van der Waals surface area contributed by atoms with E-state index in [0.717, 1.165) is 14.2 Å². The summed E-state index contributed by atoms with van der Waals surface area (Å²) in [6.45, 7) is -3.16. The molecule has 0 aromatic heterocycles. The smallest absolute Gasteiger partial charge is 0.493 e. The molecule has 3 saturated heterocycles. The number of methoxy groups -OCH3 is 2. The Morgan fingerprint density at radius 2 is 1.16 bits per heavy atom. The van der Waals surface area contributed by atoms with E-state index >= 15 is 0 Å². The molecule has 0 spiro atoms. The summed E-state index contributed by atoms with van der Waals surface area (Å²) in [4.78, 5) is 60.7. The van der Waals surface area contributed by atoms with Gasteiger partial charge in [-0.05, 0) is 47.9 Å². The van der Waals surface area contributed by atoms with Crippen LogP contribution in [-0.4, -0.2) is 112 Å². The van der Waals surface area contributed by atoms with Crippen LogP contribution in [0.5, 0.6) is 40.2 Å². The highest BCUT2D eigenvalue weighted by atomic mass is 31.2. The van der Waals surface area contributed by atoms with Gasteiger partial charge in [0.15, 0.2) is 72.5 Å². The number of ether oxygens (including phenoxy) is 13. The van der Waals surface area contributed by atoms with Gasteiger partial charge in [0.05, 0.1) is 39.5 Å². The fourth-order valence-electron chi connectivity index (χ4n) is 9.21. The summed E-state index contributed by atoms with van der Waals surface area (Å²) < 4.78 is 232. The summed E-state index contributed by atoms with van der Waals surface area (Å²) in [5, 5.41) is 0. The lowest BCUT2D eigenvalue weighted by Gasteiger charge is -2.49. The lowest BCUT2D eigenvalue weighted by atomic mass is 9.66. The summed E-state index contributed by atoms with van der Waals surface area (Å²) in [5.41, 5.74) is 0.566. The Morgan fingerprint density at radius 1 is 0.658 bits per heavy atom. The van der Waals surface area contributed by atoms with Crippen molar-refractivity contribution in [3.05, 3.63) is 99.1 Å². The van der Waals surface area contributed by atoms with Gasteiger partial charge < -0.3 is 66.1 Å². The highest BCUT2D eigenvalue weighted by molar-refractivity contribution is 7.46. The van der Waals surface area contributed by atoms with E-state index in [2.05, 4.69) is 4.74 Å². The Morgan fingerprint density at radius 3 is 1.67 bits per heavy atom. The molecular formula is C45H35F10O20P. The van der Waals surface area contributed by atoms with Crippen LogP contribution in [0.4, 0.5) is 43.9 Å². The Kier molecular flexibility index (Phi) is 14.9. The number of carbonyl (C=O) groups excluding carboxylic acids is 3. The third-order valence-corrected chi connectivity index (χ3v) is 12.9. The van der Waals surface area contributed by atoms with Crippen LogP contribution in [0.2, 0.25) is 0 Å². The number of benzene rings is 4. The number of hydrogen-bond acceptors (Lipinski definition) is 18. The minimum absolute atomic E-state index is 0.108. The van der Waals surface area contributed by atoms with Crippen molar-refractivity contribution in [1.29, 1.82) is 0 Å². The van der Waals surface area contributed by atoms with E-state index in [9.17, 15) is 72.6 Å². The van der Waals surface area contributed by atoms with Gasteiger partial charge in [-0.25, -0.2) is 40.5 Å². The minimum atomic E-state index is -5.24. The van der Waals surface area contributed by atoms with E-state index < -0.39 is 188 Å². The largest absolute Gasteiger partial charge is 0.525 e. The molecule has 3 fully saturated rings. The Balaban J connectivity index is 1.12. The van der Waals surface area contributed by atoms with Crippen LogP contribution in [0.3, 0.4) is 0 Å². The summed E-state index contributed by atoms with van der Waals surface area (Å²) in [5.74, 6) is -37.4. The van der Waals surface area contributed by atoms with Crippen molar-refractivity contribution in [3.8, 4) is 40.2 Å². The standard InChI is InChI=1S/C45H35F10O20P/c1-13-64-9-22-39(70-13)42(72-23(56)10-65-40-33(52)29(48)27(46)30(49)34(40)53)43(73-24(57)11-66-41-35(54)31(50)28(47)32(51)36(41)55)45(71-22)74-37-16-7-19-18(68-12-69-19)6-15(16)25(26-17(37)8-67-44(26)58)14-4-20(62-2)38(21(5-14)63-3)75-76(59,60)61/h4-7,13,17,22,25-26,37,39,42-43,45H,8-12H2,1-3H3,(H2,59,60,61). The molecule has 76 heavy (non-hydrogen) atoms. The Labute approximate surface area is 418 Å². The summed E-state index contributed by atoms with van der Waals surface area (Å²) >= 11 is 0. The molecule has 0 saturated carbocycles. The number of phosphoric ester groups is 1. The van der Waals surface area contributed by atoms with Gasteiger partial charge in [0.25, 0.3) is 0 Å². The molecule has 4 aromatic carbocycles. The first-order chi connectivity index (χ1) is 36.0. The van der Waals surface area contributed by atoms with E-state index in [0.29, 0.717) is 0 Å². The first kappa shape index (κ1) is 54.0. The average Bonchev–Trinajstić information content (AvgIpc) is 4.05. The van der Waals surface area contributed by atoms with Crippen molar-refractivity contribution < 1.29 is 139 Å². The molecule has 5 aliphatic rings. The lowest BCUT2D eigenvalue weighted by molar-refractivity contribution is -0.366. The number of carbonyl (C=O) groups is 3. The topological polar surface area (TPSA) is 238 Å². The van der Waals surface area contributed by atoms with Crippen molar-refractivity contribution >= 4 is 25.7 Å². The van der Waals surface area contributed by atoms with Crippen molar-refractivity contribution in [2.45, 2.75) is 55.9 Å². The van der Waals surface area contributed by atoms with Gasteiger partial charge in [0, 0.05) is 11.8 Å². The predicted molar refractivity (Wildman–Crippen MR) is 221 cm³/mol. The van der Waals surface area contributed by atoms with E-state index in [1.165, 1.54) is 31.2 Å². The zero-order valence-corrected chi connectivity index (χ0v) is 39.5. The molecule has 2 N–H and O–H groups in total. The molecule has 4 heterocycles. The second-order valence-corrected chi connectivity index (χ2v) is 18.0. The van der Waals surface area contributed by atoms with Crippen molar-refractivity contribution in [2.24, 2.45) is 11.8 Å². The van der Waals surface area contributed by atoms with Crippen LogP contribution >= 0.6 is 7.82 Å². The van der Waals surface area contributed by atoms with Gasteiger partial charge in [-0.15, -0.1) is 0 Å². The maximum atomic E-state index is 14.7. The normalized spacial score (nSPS) is 25.4. The zero-order chi connectivity index (χ0) is 54.8. The Bertz CT molecular complexity index is 2970. The fraction of sp³-hybridized carbons (Fsp3) is 0.400. The van der Waals surface area contributed by atoms with Crippen LogP contribution < -0.4 is 32.9 Å². The third kappa shape index (κ3) is 9.92. The average molecular weight is 1120 g/mol. The first-order valence-electron chi connectivity index (χ1n) is 21.9. The van der Waals surface area contributed by atoms with E-state index in [4.69, 9.17) is 61.4 Å². The molecular weight excluding hydrogens is 1080 g/mol. The molecule has 9 rings (SSSR count). The zero-order valence-electron chi connectivity index (χ0n) is 38.6. The van der Waals surface area contributed by atoms with Gasteiger partial charge in [-0.2, -0.15) is 17.6 Å². The fourth-order valence-corrected chi connectivity index (χ4v) is 9.63. The van der Waals surface area contributed by atoms with Crippen molar-refractivity contribution in [3.63, 3.8) is 0 Å². The van der Waals surface area contributed by atoms with E-state index in [1.54, 1.807) is 0 Å². The van der Waals surface area contributed by atoms with Gasteiger partial charge in [-0.1, -0.05) is 0 Å². The SMILES string of the molecule is COc1cc(C2c3cc4c(cc3C(OC3OC5COC(C)OC5C(OC(=O)COc5c(F)c(F)c(F)c(F)c5F)C3OC(=O)COc3c(F)c(F)c(F)c(F)c3F)C3COC(=O)C23)OCO4)cc(OC)c1OP(=O)(O)O. The second kappa shape index (κ2) is 21.0. The van der Waals surface area contributed by atoms with Gasteiger partial charge in [-0.3, -0.25) is 14.6 Å². The number of cyclic esters (lactones) is 1. The molecule has 20 nitrogen and oxygen atoms in total. The van der Waals surface area contributed by atoms with Gasteiger partial charge >= 0.3 is 25.7 Å². The molecule has 0 bridgehead atoms. The molecule has 4 aliphatic heterocycles. The summed E-state index contributed by atoms with van der Waals surface area (Å²) in [6.07, 6.45) is -12.2. The third-order valence-electron chi connectivity index (χ3n) is 12.4. The number of phosphoric acid groups is 1. The molecule has 10 unspecified atom stereocenters. The van der Waals surface area contributed by atoms with E-state index in [-0.39, 0.29) is 46.5 Å². The van der Waals surface area contributed by atoms with E-state index in [1.807, 2.05) is 0 Å². The molecule has 0 radical (unpaired) electrons. The van der Waals surface area contributed by atoms with Crippen LogP contribution in [0.1, 0.15) is 35.6 Å². The number of esters is 3. The molecule has 31 heteroatoms. The molecule has 4 aromatic rings. The minimum Gasteiger partial charge on any atom is -0.493 e. The number of rotatable bonds is 15. The van der Waals surface area contributed by atoms with Crippen LogP contribution in [0.15, 0.2) is 24.3 Å². The summed E-state index contributed by atoms with van der Waals surface area (Å²) in [6, 6.07) is 5.48. The molecule has 1 aliphatic carbocycles. The second-order valence-electron chi connectivity index (χ2n) is 16.9. The quantitative estimate of drug-likeness (QED) is 0.0360.